The average Bonchev–Trinajstić information content (AvgIpc) is 3.50. The Morgan fingerprint density at radius 2 is 1.93 bits per heavy atom. The zero-order chi connectivity index (χ0) is 20.1. The molecule has 154 valence electrons. The highest BCUT2D eigenvalue weighted by Gasteiger charge is 2.47. The van der Waals surface area contributed by atoms with Gasteiger partial charge in [-0.2, -0.15) is 5.10 Å². The van der Waals surface area contributed by atoms with Gasteiger partial charge in [-0.1, -0.05) is 18.2 Å². The number of ether oxygens (including phenoxy) is 1. The third-order valence-electron chi connectivity index (χ3n) is 7.25. The van der Waals surface area contributed by atoms with Crippen LogP contribution in [-0.2, 0) is 21.5 Å². The minimum absolute atomic E-state index is 0.0519. The standard InChI is InChI=1S/C24H26N4O2/c29-23(17-5-11-30-12-6-17)27-9-7-24(16-27)8-10-28-22(24)14-21(26-28)19-13-18-3-1-2-4-20(18)25-15-19/h1-4,13-15,17H,5-12,16H2. The van der Waals surface area contributed by atoms with E-state index in [1.807, 2.05) is 24.4 Å². The quantitative estimate of drug-likeness (QED) is 0.659. The van der Waals surface area contributed by atoms with Crippen LogP contribution in [0.25, 0.3) is 22.2 Å². The Balaban J connectivity index is 1.27. The molecule has 3 aliphatic rings. The largest absolute Gasteiger partial charge is 0.381 e. The molecule has 6 nitrogen and oxygen atoms in total. The maximum absolute atomic E-state index is 13.0. The Hall–Kier alpha value is -2.73. The summed E-state index contributed by atoms with van der Waals surface area (Å²) < 4.78 is 7.60. The van der Waals surface area contributed by atoms with E-state index in [4.69, 9.17) is 9.84 Å². The minimum atomic E-state index is 0.0519. The molecule has 0 aliphatic carbocycles. The summed E-state index contributed by atoms with van der Waals surface area (Å²) in [6.45, 7) is 4.03. The van der Waals surface area contributed by atoms with Crippen molar-refractivity contribution in [2.75, 3.05) is 26.3 Å². The van der Waals surface area contributed by atoms with Gasteiger partial charge in [-0.15, -0.1) is 0 Å². The van der Waals surface area contributed by atoms with Gasteiger partial charge in [0.2, 0.25) is 5.91 Å². The number of para-hydroxylation sites is 1. The van der Waals surface area contributed by atoms with E-state index in [1.54, 1.807) is 0 Å². The molecule has 30 heavy (non-hydrogen) atoms. The van der Waals surface area contributed by atoms with Crippen molar-refractivity contribution in [1.82, 2.24) is 19.7 Å². The van der Waals surface area contributed by atoms with E-state index in [0.717, 1.165) is 67.5 Å². The summed E-state index contributed by atoms with van der Waals surface area (Å²) >= 11 is 0. The van der Waals surface area contributed by atoms with E-state index >= 15 is 0 Å². The number of carbonyl (C=O) groups is 1. The van der Waals surface area contributed by atoms with Crippen LogP contribution in [0.3, 0.4) is 0 Å². The Morgan fingerprint density at radius 3 is 2.83 bits per heavy atom. The summed E-state index contributed by atoms with van der Waals surface area (Å²) in [6, 6.07) is 12.6. The average molecular weight is 402 g/mol. The van der Waals surface area contributed by atoms with Crippen LogP contribution in [0.2, 0.25) is 0 Å². The number of pyridine rings is 1. The van der Waals surface area contributed by atoms with Crippen molar-refractivity contribution < 1.29 is 9.53 Å². The molecule has 6 heteroatoms. The van der Waals surface area contributed by atoms with Crippen molar-refractivity contribution in [3.05, 3.63) is 48.3 Å². The maximum atomic E-state index is 13.0. The van der Waals surface area contributed by atoms with E-state index in [1.165, 1.54) is 5.69 Å². The van der Waals surface area contributed by atoms with Crippen LogP contribution < -0.4 is 0 Å². The monoisotopic (exact) mass is 402 g/mol. The van der Waals surface area contributed by atoms with Crippen LogP contribution in [0, 0.1) is 5.92 Å². The fourth-order valence-electron chi connectivity index (χ4n) is 5.49. The molecule has 2 fully saturated rings. The highest BCUT2D eigenvalue weighted by Crippen LogP contribution is 2.44. The van der Waals surface area contributed by atoms with Crippen LogP contribution in [0.4, 0.5) is 0 Å². The third kappa shape index (κ3) is 2.85. The Morgan fingerprint density at radius 1 is 1.10 bits per heavy atom. The zero-order valence-corrected chi connectivity index (χ0v) is 17.1. The van der Waals surface area contributed by atoms with Crippen LogP contribution in [0.1, 0.15) is 31.4 Å². The fourth-order valence-corrected chi connectivity index (χ4v) is 5.49. The molecule has 2 saturated heterocycles. The third-order valence-corrected chi connectivity index (χ3v) is 7.25. The molecule has 1 unspecified atom stereocenters. The van der Waals surface area contributed by atoms with Crippen LogP contribution >= 0.6 is 0 Å². The first-order chi connectivity index (χ1) is 14.7. The van der Waals surface area contributed by atoms with E-state index in [-0.39, 0.29) is 11.3 Å². The normalized spacial score (nSPS) is 24.1. The second-order valence-electron chi connectivity index (χ2n) is 8.98. The molecule has 3 aromatic rings. The van der Waals surface area contributed by atoms with E-state index in [0.29, 0.717) is 19.1 Å². The minimum Gasteiger partial charge on any atom is -0.381 e. The number of likely N-dealkylation sites (tertiary alicyclic amines) is 1. The number of carbonyl (C=O) groups excluding carboxylic acids is 1. The molecule has 1 aromatic carbocycles. The molecule has 1 atom stereocenters. The van der Waals surface area contributed by atoms with Crippen molar-refractivity contribution >= 4 is 16.8 Å². The second kappa shape index (κ2) is 6.91. The smallest absolute Gasteiger partial charge is 0.225 e. The molecule has 0 bridgehead atoms. The van der Waals surface area contributed by atoms with E-state index < -0.39 is 0 Å². The number of benzene rings is 1. The first kappa shape index (κ1) is 18.1. The first-order valence-corrected chi connectivity index (χ1v) is 11.0. The fraction of sp³-hybridized carbons (Fsp3) is 0.458. The Labute approximate surface area is 175 Å². The van der Waals surface area contributed by atoms with Gasteiger partial charge in [-0.25, -0.2) is 0 Å². The molecular weight excluding hydrogens is 376 g/mol. The molecule has 0 N–H and O–H groups in total. The van der Waals surface area contributed by atoms with Gasteiger partial charge in [0, 0.05) is 67.0 Å². The number of fused-ring (bicyclic) bond motifs is 3. The number of aryl methyl sites for hydroxylation is 1. The van der Waals surface area contributed by atoms with Crippen molar-refractivity contribution in [2.45, 2.75) is 37.6 Å². The van der Waals surface area contributed by atoms with Gasteiger partial charge in [-0.05, 0) is 43.9 Å². The van der Waals surface area contributed by atoms with E-state index in [9.17, 15) is 4.79 Å². The molecular formula is C24H26N4O2. The summed E-state index contributed by atoms with van der Waals surface area (Å²) in [4.78, 5) is 19.8. The molecule has 6 rings (SSSR count). The number of nitrogens with zero attached hydrogens (tertiary/aromatic N) is 4. The molecule has 1 amide bonds. The van der Waals surface area contributed by atoms with E-state index in [2.05, 4.69) is 32.8 Å². The van der Waals surface area contributed by atoms with Crippen molar-refractivity contribution in [3.63, 3.8) is 0 Å². The predicted octanol–water partition coefficient (Wildman–Crippen LogP) is 3.40. The molecule has 5 heterocycles. The molecule has 2 aromatic heterocycles. The second-order valence-corrected chi connectivity index (χ2v) is 8.98. The number of hydrogen-bond donors (Lipinski definition) is 0. The van der Waals surface area contributed by atoms with Gasteiger partial charge in [0.1, 0.15) is 0 Å². The summed E-state index contributed by atoms with van der Waals surface area (Å²) in [7, 11) is 0. The number of rotatable bonds is 2. The maximum Gasteiger partial charge on any atom is 0.225 e. The van der Waals surface area contributed by atoms with Crippen molar-refractivity contribution in [2.24, 2.45) is 5.92 Å². The number of aromatic nitrogens is 3. The topological polar surface area (TPSA) is 60.2 Å². The predicted molar refractivity (Wildman–Crippen MR) is 114 cm³/mol. The Bertz CT molecular complexity index is 1120. The SMILES string of the molecule is O=C(C1CCOCC1)N1CCC2(CCn3nc(-c4cnc5ccccc5c4)cc32)C1. The lowest BCUT2D eigenvalue weighted by Crippen LogP contribution is -2.39. The zero-order valence-electron chi connectivity index (χ0n) is 17.1. The van der Waals surface area contributed by atoms with Gasteiger partial charge in [-0.3, -0.25) is 14.5 Å². The Kier molecular flexibility index (Phi) is 4.16. The summed E-state index contributed by atoms with van der Waals surface area (Å²) in [6.07, 6.45) is 5.74. The molecule has 0 radical (unpaired) electrons. The lowest BCUT2D eigenvalue weighted by atomic mass is 9.82. The van der Waals surface area contributed by atoms with Crippen LogP contribution in [-0.4, -0.2) is 51.9 Å². The van der Waals surface area contributed by atoms with Gasteiger partial charge >= 0.3 is 0 Å². The first-order valence-electron chi connectivity index (χ1n) is 11.0. The number of hydrogen-bond acceptors (Lipinski definition) is 4. The van der Waals surface area contributed by atoms with Crippen molar-refractivity contribution in [3.8, 4) is 11.3 Å². The molecule has 1 spiro atoms. The lowest BCUT2D eigenvalue weighted by molar-refractivity contribution is -0.137. The van der Waals surface area contributed by atoms with Gasteiger partial charge in [0.15, 0.2) is 0 Å². The molecule has 0 saturated carbocycles. The van der Waals surface area contributed by atoms with Gasteiger partial charge in [0.25, 0.3) is 0 Å². The van der Waals surface area contributed by atoms with Crippen molar-refractivity contribution in [1.29, 1.82) is 0 Å². The number of amides is 1. The summed E-state index contributed by atoms with van der Waals surface area (Å²) in [5.41, 5.74) is 4.38. The summed E-state index contributed by atoms with van der Waals surface area (Å²) in [5.74, 6) is 0.464. The van der Waals surface area contributed by atoms with Crippen LogP contribution in [0.15, 0.2) is 42.6 Å². The van der Waals surface area contributed by atoms with Gasteiger partial charge < -0.3 is 9.64 Å². The highest BCUT2D eigenvalue weighted by atomic mass is 16.5. The van der Waals surface area contributed by atoms with Crippen LogP contribution in [0.5, 0.6) is 0 Å². The molecule has 3 aliphatic heterocycles. The summed E-state index contributed by atoms with van der Waals surface area (Å²) in [5, 5.41) is 6.03. The lowest BCUT2D eigenvalue weighted by Gasteiger charge is -2.28. The van der Waals surface area contributed by atoms with Gasteiger partial charge in [0.05, 0.1) is 11.2 Å². The highest BCUT2D eigenvalue weighted by molar-refractivity contribution is 5.83.